The predicted molar refractivity (Wildman–Crippen MR) is 137 cm³/mol. The summed E-state index contributed by atoms with van der Waals surface area (Å²) in [4.78, 5) is 4.80. The van der Waals surface area contributed by atoms with E-state index in [-0.39, 0.29) is 24.3 Å². The average Bonchev–Trinajstić information content (AvgIpc) is 3.38. The summed E-state index contributed by atoms with van der Waals surface area (Å²) >= 11 is 0. The van der Waals surface area contributed by atoms with Gasteiger partial charge in [0.25, 0.3) is 0 Å². The van der Waals surface area contributed by atoms with E-state index in [1.807, 2.05) is 48.5 Å². The SMILES string of the molecule is CN1CCN(C(CNS(=O)(=O)c2ccc(OCc3ccccc3)cc2)c2ccc3c(c2)OCO3)CC1. The molecule has 190 valence electrons. The third kappa shape index (κ3) is 5.82. The molecule has 1 unspecified atom stereocenters. The minimum absolute atomic E-state index is 0.128. The van der Waals surface area contributed by atoms with Crippen molar-refractivity contribution in [2.45, 2.75) is 17.5 Å². The number of fused-ring (bicyclic) bond motifs is 1. The molecule has 5 rings (SSSR count). The Morgan fingerprint density at radius 2 is 1.64 bits per heavy atom. The molecular formula is C27H31N3O5S. The molecule has 2 aliphatic rings. The van der Waals surface area contributed by atoms with Gasteiger partial charge in [0.2, 0.25) is 16.8 Å². The predicted octanol–water partition coefficient (Wildman–Crippen LogP) is 3.26. The standard InChI is InChI=1S/C27H31N3O5S/c1-29-13-15-30(16-14-29)25(22-7-12-26-27(17-22)35-20-34-26)18-28-36(31,32)24-10-8-23(9-11-24)33-19-21-5-3-2-4-6-21/h2-12,17,25,28H,13-16,18-20H2,1H3. The second kappa shape index (κ2) is 10.9. The zero-order valence-electron chi connectivity index (χ0n) is 20.3. The molecule has 2 aliphatic heterocycles. The molecular weight excluding hydrogens is 478 g/mol. The van der Waals surface area contributed by atoms with Crippen molar-refractivity contribution >= 4 is 10.0 Å². The van der Waals surface area contributed by atoms with Crippen molar-refractivity contribution in [3.05, 3.63) is 83.9 Å². The summed E-state index contributed by atoms with van der Waals surface area (Å²) in [6.45, 7) is 4.44. The largest absolute Gasteiger partial charge is 0.489 e. The van der Waals surface area contributed by atoms with Crippen LogP contribution in [-0.4, -0.2) is 64.8 Å². The normalized spacial score (nSPS) is 17.1. The van der Waals surface area contributed by atoms with Crippen LogP contribution in [0.4, 0.5) is 0 Å². The zero-order chi connectivity index (χ0) is 25.0. The highest BCUT2D eigenvalue weighted by Gasteiger charge is 2.27. The number of benzene rings is 3. The van der Waals surface area contributed by atoms with Gasteiger partial charge in [-0.3, -0.25) is 4.90 Å². The van der Waals surface area contributed by atoms with Crippen molar-refractivity contribution in [2.24, 2.45) is 0 Å². The summed E-state index contributed by atoms with van der Waals surface area (Å²) in [6.07, 6.45) is 0. The van der Waals surface area contributed by atoms with Crippen molar-refractivity contribution in [1.82, 2.24) is 14.5 Å². The molecule has 3 aromatic rings. The van der Waals surface area contributed by atoms with Gasteiger partial charge < -0.3 is 19.1 Å². The van der Waals surface area contributed by atoms with E-state index in [1.54, 1.807) is 24.3 Å². The molecule has 2 heterocycles. The number of piperazine rings is 1. The Morgan fingerprint density at radius 1 is 0.917 bits per heavy atom. The molecule has 36 heavy (non-hydrogen) atoms. The van der Waals surface area contributed by atoms with Crippen molar-refractivity contribution < 1.29 is 22.6 Å². The van der Waals surface area contributed by atoms with Gasteiger partial charge in [0.05, 0.1) is 4.90 Å². The van der Waals surface area contributed by atoms with Crippen LogP contribution in [-0.2, 0) is 16.6 Å². The Hall–Kier alpha value is -3.11. The number of rotatable bonds is 9. The quantitative estimate of drug-likeness (QED) is 0.474. The lowest BCUT2D eigenvalue weighted by atomic mass is 10.0. The lowest BCUT2D eigenvalue weighted by Crippen LogP contribution is -2.48. The Kier molecular flexibility index (Phi) is 7.43. The van der Waals surface area contributed by atoms with Gasteiger partial charge in [0, 0.05) is 38.8 Å². The molecule has 1 fully saturated rings. The summed E-state index contributed by atoms with van der Waals surface area (Å²) in [7, 11) is -1.61. The van der Waals surface area contributed by atoms with Crippen LogP contribution in [0.15, 0.2) is 77.7 Å². The van der Waals surface area contributed by atoms with Crippen molar-refractivity contribution in [3.63, 3.8) is 0 Å². The third-order valence-corrected chi connectivity index (χ3v) is 8.05. The number of ether oxygens (including phenoxy) is 3. The zero-order valence-corrected chi connectivity index (χ0v) is 21.1. The summed E-state index contributed by atoms with van der Waals surface area (Å²) in [6, 6.07) is 22.1. The van der Waals surface area contributed by atoms with Crippen LogP contribution in [0.25, 0.3) is 0 Å². The lowest BCUT2D eigenvalue weighted by molar-refractivity contribution is 0.112. The molecule has 1 saturated heterocycles. The third-order valence-electron chi connectivity index (χ3n) is 6.61. The van der Waals surface area contributed by atoms with E-state index in [0.717, 1.165) is 37.3 Å². The van der Waals surface area contributed by atoms with E-state index in [9.17, 15) is 8.42 Å². The molecule has 1 N–H and O–H groups in total. The summed E-state index contributed by atoms with van der Waals surface area (Å²) < 4.78 is 46.0. The number of hydrogen-bond donors (Lipinski definition) is 1. The minimum Gasteiger partial charge on any atom is -0.489 e. The maximum atomic E-state index is 13.2. The first-order chi connectivity index (χ1) is 17.5. The topological polar surface area (TPSA) is 80.3 Å². The van der Waals surface area contributed by atoms with E-state index in [0.29, 0.717) is 23.9 Å². The molecule has 0 amide bonds. The van der Waals surface area contributed by atoms with Gasteiger partial charge in [-0.15, -0.1) is 0 Å². The van der Waals surface area contributed by atoms with Gasteiger partial charge in [-0.1, -0.05) is 36.4 Å². The number of likely N-dealkylation sites (N-methyl/N-ethyl adjacent to an activating group) is 1. The Bertz CT molecular complexity index is 1260. The van der Waals surface area contributed by atoms with E-state index in [2.05, 4.69) is 21.6 Å². The summed E-state index contributed by atoms with van der Waals surface area (Å²) in [5, 5.41) is 0. The molecule has 3 aromatic carbocycles. The van der Waals surface area contributed by atoms with Gasteiger partial charge in [0.1, 0.15) is 12.4 Å². The van der Waals surface area contributed by atoms with Gasteiger partial charge >= 0.3 is 0 Å². The average molecular weight is 510 g/mol. The molecule has 0 bridgehead atoms. The molecule has 0 aromatic heterocycles. The Morgan fingerprint density at radius 3 is 2.39 bits per heavy atom. The van der Waals surface area contributed by atoms with E-state index in [4.69, 9.17) is 14.2 Å². The first-order valence-electron chi connectivity index (χ1n) is 12.1. The number of nitrogens with zero attached hydrogens (tertiary/aromatic N) is 2. The van der Waals surface area contributed by atoms with Gasteiger partial charge in [-0.25, -0.2) is 13.1 Å². The van der Waals surface area contributed by atoms with E-state index >= 15 is 0 Å². The van der Waals surface area contributed by atoms with Crippen molar-refractivity contribution in [3.8, 4) is 17.2 Å². The highest BCUT2D eigenvalue weighted by molar-refractivity contribution is 7.89. The number of nitrogens with one attached hydrogen (secondary N) is 1. The second-order valence-electron chi connectivity index (χ2n) is 9.07. The number of hydrogen-bond acceptors (Lipinski definition) is 7. The Balaban J connectivity index is 1.27. The molecule has 8 nitrogen and oxygen atoms in total. The van der Waals surface area contributed by atoms with Crippen LogP contribution >= 0.6 is 0 Å². The molecule has 0 saturated carbocycles. The molecule has 1 atom stereocenters. The van der Waals surface area contributed by atoms with Crippen LogP contribution in [0.3, 0.4) is 0 Å². The van der Waals surface area contributed by atoms with Crippen LogP contribution in [0.5, 0.6) is 17.2 Å². The molecule has 9 heteroatoms. The van der Waals surface area contributed by atoms with Crippen LogP contribution in [0.2, 0.25) is 0 Å². The van der Waals surface area contributed by atoms with Crippen molar-refractivity contribution in [1.29, 1.82) is 0 Å². The minimum atomic E-state index is -3.71. The van der Waals surface area contributed by atoms with E-state index in [1.165, 1.54) is 0 Å². The first-order valence-corrected chi connectivity index (χ1v) is 13.5. The smallest absolute Gasteiger partial charge is 0.240 e. The van der Waals surface area contributed by atoms with Crippen LogP contribution in [0.1, 0.15) is 17.2 Å². The van der Waals surface area contributed by atoms with Gasteiger partial charge in [0.15, 0.2) is 11.5 Å². The molecule has 0 radical (unpaired) electrons. The maximum Gasteiger partial charge on any atom is 0.240 e. The van der Waals surface area contributed by atoms with Gasteiger partial charge in [-0.05, 0) is 54.6 Å². The van der Waals surface area contributed by atoms with Crippen LogP contribution < -0.4 is 18.9 Å². The monoisotopic (exact) mass is 509 g/mol. The van der Waals surface area contributed by atoms with E-state index < -0.39 is 10.0 Å². The molecule has 0 aliphatic carbocycles. The van der Waals surface area contributed by atoms with Gasteiger partial charge in [-0.2, -0.15) is 0 Å². The highest BCUT2D eigenvalue weighted by atomic mass is 32.2. The summed E-state index contributed by atoms with van der Waals surface area (Å²) in [5.41, 5.74) is 2.05. The lowest BCUT2D eigenvalue weighted by Gasteiger charge is -2.38. The first kappa shape index (κ1) is 24.6. The summed E-state index contributed by atoms with van der Waals surface area (Å²) in [5.74, 6) is 2.03. The molecule has 0 spiro atoms. The fourth-order valence-electron chi connectivity index (χ4n) is 4.44. The fourth-order valence-corrected chi connectivity index (χ4v) is 5.48. The number of sulfonamides is 1. The second-order valence-corrected chi connectivity index (χ2v) is 10.8. The fraction of sp³-hybridized carbons (Fsp3) is 0.333. The maximum absolute atomic E-state index is 13.2. The Labute approximate surface area is 212 Å². The van der Waals surface area contributed by atoms with Crippen molar-refractivity contribution in [2.75, 3.05) is 46.6 Å². The van der Waals surface area contributed by atoms with Crippen LogP contribution in [0, 0.1) is 0 Å². The highest BCUT2D eigenvalue weighted by Crippen LogP contribution is 2.35.